The minimum absolute atomic E-state index is 0.793. The van der Waals surface area contributed by atoms with E-state index < -0.39 is 0 Å². The number of hydrogen-bond donors (Lipinski definition) is 0. The summed E-state index contributed by atoms with van der Waals surface area (Å²) in [5.74, 6) is 0.793. The van der Waals surface area contributed by atoms with Crippen LogP contribution in [-0.4, -0.2) is 77.7 Å². The monoisotopic (exact) mass is 457 g/mol. The third-order valence-corrected chi connectivity index (χ3v) is 5.80. The fourth-order valence-electron chi connectivity index (χ4n) is 2.96. The van der Waals surface area contributed by atoms with Crippen molar-refractivity contribution in [2.24, 2.45) is 0 Å². The molecular formula is C27H47N5O. The Morgan fingerprint density at radius 1 is 0.939 bits per heavy atom. The van der Waals surface area contributed by atoms with Crippen LogP contribution in [0, 0.1) is 0 Å². The fourth-order valence-corrected chi connectivity index (χ4v) is 2.96. The molecule has 6 heteroatoms. The lowest BCUT2D eigenvalue weighted by Gasteiger charge is -2.24. The van der Waals surface area contributed by atoms with Crippen molar-refractivity contribution in [1.82, 2.24) is 24.8 Å². The van der Waals surface area contributed by atoms with Crippen LogP contribution in [0.4, 0.5) is 0 Å². The van der Waals surface area contributed by atoms with Crippen molar-refractivity contribution in [1.29, 1.82) is 0 Å². The molecule has 6 nitrogen and oxygen atoms in total. The summed E-state index contributed by atoms with van der Waals surface area (Å²) in [5, 5.41) is 0. The summed E-state index contributed by atoms with van der Waals surface area (Å²) in [6.07, 6.45) is 9.88. The summed E-state index contributed by atoms with van der Waals surface area (Å²) in [6.45, 7) is 18.3. The highest BCUT2D eigenvalue weighted by Gasteiger charge is 2.24. The third-order valence-electron chi connectivity index (χ3n) is 5.80. The summed E-state index contributed by atoms with van der Waals surface area (Å²) in [5.41, 5.74) is 3.59. The van der Waals surface area contributed by atoms with Crippen LogP contribution in [-0.2, 0) is 17.6 Å². The lowest BCUT2D eigenvalue weighted by molar-refractivity contribution is 0.0405. The first kappa shape index (κ1) is 29.1. The molecule has 0 amide bonds. The van der Waals surface area contributed by atoms with Gasteiger partial charge in [-0.1, -0.05) is 40.7 Å². The number of nitrogens with zero attached hydrogens (tertiary/aromatic N) is 5. The van der Waals surface area contributed by atoms with Crippen LogP contribution in [0.2, 0.25) is 0 Å². The zero-order valence-electron chi connectivity index (χ0n) is 22.0. The van der Waals surface area contributed by atoms with E-state index in [2.05, 4.69) is 84.6 Å². The summed E-state index contributed by atoms with van der Waals surface area (Å²) < 4.78 is 5.16. The smallest absolute Gasteiger partial charge is 0.0594 e. The van der Waals surface area contributed by atoms with E-state index in [0.29, 0.717) is 0 Å². The molecule has 186 valence electrons. The highest BCUT2D eigenvalue weighted by atomic mass is 16.5. The number of morpholine rings is 1. The Morgan fingerprint density at radius 3 is 2.00 bits per heavy atom. The fraction of sp³-hybridized carbons (Fsp3) is 0.667. The maximum absolute atomic E-state index is 5.16. The summed E-state index contributed by atoms with van der Waals surface area (Å²) in [4.78, 5) is 17.1. The first-order valence-corrected chi connectivity index (χ1v) is 12.8. The predicted octanol–water partition coefficient (Wildman–Crippen LogP) is 4.86. The highest BCUT2D eigenvalue weighted by molar-refractivity contribution is 5.18. The van der Waals surface area contributed by atoms with Gasteiger partial charge in [-0.2, -0.15) is 0 Å². The lowest BCUT2D eigenvalue weighted by atomic mass is 10.2. The van der Waals surface area contributed by atoms with Gasteiger partial charge in [0.2, 0.25) is 0 Å². The van der Waals surface area contributed by atoms with Crippen LogP contribution in [0.25, 0.3) is 0 Å². The van der Waals surface area contributed by atoms with Gasteiger partial charge in [0.15, 0.2) is 0 Å². The van der Waals surface area contributed by atoms with Crippen molar-refractivity contribution in [3.05, 3.63) is 53.9 Å². The van der Waals surface area contributed by atoms with Gasteiger partial charge in [0, 0.05) is 49.0 Å². The lowest BCUT2D eigenvalue weighted by Crippen LogP contribution is -2.35. The van der Waals surface area contributed by atoms with Crippen molar-refractivity contribution >= 4 is 0 Å². The van der Waals surface area contributed by atoms with Crippen molar-refractivity contribution in [3.8, 4) is 0 Å². The van der Waals surface area contributed by atoms with E-state index in [1.807, 2.05) is 0 Å². The molecule has 1 saturated heterocycles. The first-order chi connectivity index (χ1) is 16.1. The molecular weight excluding hydrogens is 410 g/mol. The Bertz CT molecular complexity index is 699. The van der Waals surface area contributed by atoms with E-state index in [-0.39, 0.29) is 0 Å². The minimum Gasteiger partial charge on any atom is -0.379 e. The van der Waals surface area contributed by atoms with Gasteiger partial charge in [-0.3, -0.25) is 19.9 Å². The van der Waals surface area contributed by atoms with Gasteiger partial charge < -0.3 is 9.64 Å². The highest BCUT2D eigenvalue weighted by Crippen LogP contribution is 2.38. The van der Waals surface area contributed by atoms with Gasteiger partial charge >= 0.3 is 0 Å². The van der Waals surface area contributed by atoms with Crippen molar-refractivity contribution in [2.75, 3.05) is 53.0 Å². The number of ether oxygens (including phenoxy) is 1. The number of aryl methyl sites for hydroxylation is 2. The molecule has 0 spiro atoms. The molecule has 2 aromatic rings. The molecule has 2 fully saturated rings. The second-order valence-corrected chi connectivity index (χ2v) is 8.27. The van der Waals surface area contributed by atoms with E-state index in [0.717, 1.165) is 63.8 Å². The van der Waals surface area contributed by atoms with Crippen molar-refractivity contribution in [2.45, 2.75) is 66.2 Å². The second-order valence-electron chi connectivity index (χ2n) is 8.27. The summed E-state index contributed by atoms with van der Waals surface area (Å²) in [6, 6.07) is 6.38. The summed E-state index contributed by atoms with van der Waals surface area (Å²) in [7, 11) is 2.11. The number of rotatable bonds is 6. The molecule has 0 aromatic carbocycles. The van der Waals surface area contributed by atoms with Crippen LogP contribution >= 0.6 is 0 Å². The van der Waals surface area contributed by atoms with E-state index in [1.54, 1.807) is 18.6 Å². The average Bonchev–Trinajstić information content (AvgIpc) is 3.76. The Morgan fingerprint density at radius 2 is 1.61 bits per heavy atom. The second kappa shape index (κ2) is 18.5. The van der Waals surface area contributed by atoms with Gasteiger partial charge in [0.25, 0.3) is 0 Å². The van der Waals surface area contributed by atoms with Crippen LogP contribution in [0.1, 0.15) is 70.5 Å². The molecule has 2 aromatic heterocycles. The van der Waals surface area contributed by atoms with Gasteiger partial charge in [0.05, 0.1) is 18.9 Å². The molecule has 4 rings (SSSR count). The predicted molar refractivity (Wildman–Crippen MR) is 139 cm³/mol. The van der Waals surface area contributed by atoms with E-state index in [9.17, 15) is 0 Å². The molecule has 0 radical (unpaired) electrons. The third kappa shape index (κ3) is 14.1. The Labute approximate surface area is 202 Å². The number of aromatic nitrogens is 3. The van der Waals surface area contributed by atoms with Crippen molar-refractivity contribution < 1.29 is 4.74 Å². The largest absolute Gasteiger partial charge is 0.379 e. The maximum atomic E-state index is 5.16. The van der Waals surface area contributed by atoms with Gasteiger partial charge in [-0.25, -0.2) is 0 Å². The molecule has 33 heavy (non-hydrogen) atoms. The normalized spacial score (nSPS) is 15.4. The molecule has 1 aliphatic carbocycles. The standard InChI is InChI=1S/C10H13N.C6H8N2.C6H13NO.C5H13N/c1-2-9-4-3-5-10(11-9)8-6-7-8;1-2-6-5-7-3-4-8-6;1-2-7-3-5-8-6-4-7;1-4-6(3)5-2/h3-5,8H,2,6-7H2,1H3;3-5H,2H2,1H3;2-6H2,1H3;4-5H2,1-3H3. The topological polar surface area (TPSA) is 54.4 Å². The number of likely N-dealkylation sites (N-methyl/N-ethyl adjacent to an activating group) is 1. The Kier molecular flexibility index (Phi) is 16.4. The number of pyridine rings is 1. The Balaban J connectivity index is 0.000000226. The molecule has 0 atom stereocenters. The SMILES string of the molecule is CCN(C)CC.CCN1CCOCC1.CCc1cccc(C2CC2)n1.CCc1cnccn1. The quantitative estimate of drug-likeness (QED) is 0.618. The zero-order chi connectivity index (χ0) is 24.3. The van der Waals surface area contributed by atoms with E-state index in [1.165, 1.54) is 30.8 Å². The van der Waals surface area contributed by atoms with Crippen LogP contribution < -0.4 is 0 Å². The molecule has 0 bridgehead atoms. The van der Waals surface area contributed by atoms with Gasteiger partial charge in [-0.15, -0.1) is 0 Å². The average molecular weight is 458 g/mol. The summed E-state index contributed by atoms with van der Waals surface area (Å²) >= 11 is 0. The van der Waals surface area contributed by atoms with E-state index >= 15 is 0 Å². The molecule has 1 aliphatic heterocycles. The molecule has 3 heterocycles. The molecule has 0 unspecified atom stereocenters. The van der Waals surface area contributed by atoms with E-state index in [4.69, 9.17) is 4.74 Å². The molecule has 1 saturated carbocycles. The minimum atomic E-state index is 0.793. The van der Waals surface area contributed by atoms with Gasteiger partial charge in [0.1, 0.15) is 0 Å². The van der Waals surface area contributed by atoms with Crippen LogP contribution in [0.5, 0.6) is 0 Å². The maximum Gasteiger partial charge on any atom is 0.0594 e. The molecule has 2 aliphatic rings. The van der Waals surface area contributed by atoms with Crippen LogP contribution in [0.3, 0.4) is 0 Å². The zero-order valence-corrected chi connectivity index (χ0v) is 22.0. The number of hydrogen-bond acceptors (Lipinski definition) is 6. The van der Waals surface area contributed by atoms with Gasteiger partial charge in [-0.05, 0) is 64.5 Å². The molecule has 0 N–H and O–H groups in total. The van der Waals surface area contributed by atoms with Crippen molar-refractivity contribution in [3.63, 3.8) is 0 Å². The Hall–Kier alpha value is -1.89. The van der Waals surface area contributed by atoms with Crippen LogP contribution in [0.15, 0.2) is 36.8 Å². The first-order valence-electron chi connectivity index (χ1n) is 12.8.